The van der Waals surface area contributed by atoms with Gasteiger partial charge in [-0.05, 0) is 12.1 Å². The van der Waals surface area contributed by atoms with Crippen LogP contribution in [-0.2, 0) is 12.4 Å². The Hall–Kier alpha value is -1.23. The molecule has 0 radical (unpaired) electrons. The van der Waals surface area contributed by atoms with Crippen LogP contribution in [0.1, 0.15) is 29.2 Å². The highest BCUT2D eigenvalue weighted by Gasteiger charge is 2.42. The Morgan fingerprint density at radius 3 is 1.70 bits per heavy atom. The zero-order chi connectivity index (χ0) is 17.5. The molecule has 1 atom stereocenters. The molecular formula is C11H8ClF10N. The van der Waals surface area contributed by atoms with E-state index in [1.807, 2.05) is 0 Å². The molecule has 0 saturated carbocycles. The smallest absolute Gasteiger partial charge is 0.324 e. The van der Waals surface area contributed by atoms with E-state index in [1.54, 1.807) is 0 Å². The molecule has 0 aromatic heterocycles. The van der Waals surface area contributed by atoms with Crippen LogP contribution >= 0.6 is 12.4 Å². The molecular weight excluding hydrogens is 372 g/mol. The second-order valence-electron chi connectivity index (χ2n) is 4.34. The van der Waals surface area contributed by atoms with Gasteiger partial charge in [-0.1, -0.05) is 0 Å². The summed E-state index contributed by atoms with van der Waals surface area (Å²) in [5, 5.41) is 0. The van der Waals surface area contributed by atoms with Crippen LogP contribution in [0.5, 0.6) is 0 Å². The fourth-order valence-electron chi connectivity index (χ4n) is 1.74. The molecule has 0 aliphatic carbocycles. The van der Waals surface area contributed by atoms with Crippen LogP contribution in [0.3, 0.4) is 0 Å². The number of benzene rings is 1. The van der Waals surface area contributed by atoms with Gasteiger partial charge in [0, 0.05) is 11.6 Å². The monoisotopic (exact) mass is 379 g/mol. The minimum absolute atomic E-state index is 0. The normalized spacial score (nSPS) is 14.4. The van der Waals surface area contributed by atoms with Crippen molar-refractivity contribution in [2.45, 2.75) is 31.0 Å². The molecule has 0 aliphatic heterocycles. The Kier molecular flexibility index (Phi) is 6.36. The summed E-state index contributed by atoms with van der Waals surface area (Å²) in [5.41, 5.74) is -0.913. The Bertz CT molecular complexity index is 545. The molecule has 134 valence electrons. The van der Waals surface area contributed by atoms with Gasteiger partial charge in [-0.2, -0.15) is 39.5 Å². The molecule has 0 saturated heterocycles. The molecule has 12 heteroatoms. The molecule has 0 spiro atoms. The standard InChI is InChI=1S/C11H7F10N.ClH/c12-6-2-4(10(16,17)18)1-5(11(19,20)21)8(6)7(22)3-9(13,14)15;/h1-2,7H,3,22H2;1H/t7-;/m0./s1. The molecule has 0 fully saturated rings. The summed E-state index contributed by atoms with van der Waals surface area (Å²) in [4.78, 5) is 0. The third kappa shape index (κ3) is 5.72. The third-order valence-electron chi connectivity index (χ3n) is 2.58. The van der Waals surface area contributed by atoms with Gasteiger partial charge in [-0.25, -0.2) is 4.39 Å². The van der Waals surface area contributed by atoms with Crippen molar-refractivity contribution in [3.8, 4) is 0 Å². The first-order chi connectivity index (χ1) is 9.63. The molecule has 0 heterocycles. The average Bonchev–Trinajstić information content (AvgIpc) is 2.22. The Morgan fingerprint density at radius 1 is 0.870 bits per heavy atom. The fourth-order valence-corrected chi connectivity index (χ4v) is 1.74. The molecule has 0 aliphatic rings. The number of hydrogen-bond donors (Lipinski definition) is 1. The summed E-state index contributed by atoms with van der Waals surface area (Å²) in [6, 6.07) is -3.27. The second-order valence-corrected chi connectivity index (χ2v) is 4.34. The summed E-state index contributed by atoms with van der Waals surface area (Å²) in [6.45, 7) is 0. The van der Waals surface area contributed by atoms with Gasteiger partial charge in [0.2, 0.25) is 0 Å². The Labute approximate surface area is 128 Å². The van der Waals surface area contributed by atoms with Crippen LogP contribution in [0.2, 0.25) is 0 Å². The highest BCUT2D eigenvalue weighted by Crippen LogP contribution is 2.41. The fraction of sp³-hybridized carbons (Fsp3) is 0.455. The van der Waals surface area contributed by atoms with E-state index in [-0.39, 0.29) is 18.5 Å². The molecule has 23 heavy (non-hydrogen) atoms. The molecule has 0 bridgehead atoms. The van der Waals surface area contributed by atoms with Crippen LogP contribution in [-0.4, -0.2) is 6.18 Å². The lowest BCUT2D eigenvalue weighted by Gasteiger charge is -2.21. The lowest BCUT2D eigenvalue weighted by molar-refractivity contribution is -0.147. The zero-order valence-corrected chi connectivity index (χ0v) is 11.5. The van der Waals surface area contributed by atoms with Gasteiger partial charge in [-0.3, -0.25) is 0 Å². The zero-order valence-electron chi connectivity index (χ0n) is 10.7. The minimum Gasteiger partial charge on any atom is -0.324 e. The van der Waals surface area contributed by atoms with Crippen molar-refractivity contribution >= 4 is 12.4 Å². The second kappa shape index (κ2) is 6.71. The van der Waals surface area contributed by atoms with Crippen molar-refractivity contribution in [2.24, 2.45) is 5.73 Å². The predicted molar refractivity (Wildman–Crippen MR) is 61.3 cm³/mol. The molecule has 1 rings (SSSR count). The molecule has 1 aromatic carbocycles. The van der Waals surface area contributed by atoms with Gasteiger partial charge >= 0.3 is 18.5 Å². The summed E-state index contributed by atoms with van der Waals surface area (Å²) < 4.78 is 125. The number of rotatable bonds is 2. The average molecular weight is 380 g/mol. The first-order valence-corrected chi connectivity index (χ1v) is 5.43. The highest BCUT2D eigenvalue weighted by molar-refractivity contribution is 5.85. The van der Waals surface area contributed by atoms with E-state index in [4.69, 9.17) is 5.73 Å². The number of hydrogen-bond acceptors (Lipinski definition) is 1. The van der Waals surface area contributed by atoms with E-state index in [0.717, 1.165) is 0 Å². The van der Waals surface area contributed by atoms with Gasteiger partial charge in [0.05, 0.1) is 17.5 Å². The van der Waals surface area contributed by atoms with Crippen LogP contribution in [0.25, 0.3) is 0 Å². The molecule has 1 nitrogen and oxygen atoms in total. The van der Waals surface area contributed by atoms with Crippen molar-refractivity contribution in [1.29, 1.82) is 0 Å². The van der Waals surface area contributed by atoms with Crippen molar-refractivity contribution < 1.29 is 43.9 Å². The first kappa shape index (κ1) is 21.8. The first-order valence-electron chi connectivity index (χ1n) is 5.43. The van der Waals surface area contributed by atoms with Crippen LogP contribution in [0.4, 0.5) is 43.9 Å². The summed E-state index contributed by atoms with van der Waals surface area (Å²) in [5.74, 6) is -2.10. The van der Waals surface area contributed by atoms with Crippen molar-refractivity contribution in [3.63, 3.8) is 0 Å². The van der Waals surface area contributed by atoms with Gasteiger partial charge in [0.1, 0.15) is 5.82 Å². The van der Waals surface area contributed by atoms with Crippen molar-refractivity contribution in [1.82, 2.24) is 0 Å². The predicted octanol–water partition coefficient (Wildman–Crippen LogP) is 5.24. The van der Waals surface area contributed by atoms with Gasteiger partial charge < -0.3 is 5.73 Å². The van der Waals surface area contributed by atoms with E-state index in [9.17, 15) is 43.9 Å². The Morgan fingerprint density at radius 2 is 1.35 bits per heavy atom. The van der Waals surface area contributed by atoms with E-state index in [0.29, 0.717) is 0 Å². The van der Waals surface area contributed by atoms with Crippen LogP contribution in [0.15, 0.2) is 12.1 Å². The number of alkyl halides is 9. The largest absolute Gasteiger partial charge is 0.416 e. The maximum absolute atomic E-state index is 13.5. The lowest BCUT2D eigenvalue weighted by atomic mass is 9.95. The summed E-state index contributed by atoms with van der Waals surface area (Å²) in [6.07, 6.45) is -17.8. The SMILES string of the molecule is Cl.N[C@@H](CC(F)(F)F)c1c(F)cc(C(F)(F)F)cc1C(F)(F)F. The summed E-state index contributed by atoms with van der Waals surface area (Å²) in [7, 11) is 0. The highest BCUT2D eigenvalue weighted by atomic mass is 35.5. The third-order valence-corrected chi connectivity index (χ3v) is 2.58. The maximum atomic E-state index is 13.5. The topological polar surface area (TPSA) is 26.0 Å². The van der Waals surface area contributed by atoms with Crippen molar-refractivity contribution in [2.75, 3.05) is 0 Å². The van der Waals surface area contributed by atoms with Gasteiger partial charge in [0.15, 0.2) is 0 Å². The van der Waals surface area contributed by atoms with Crippen molar-refractivity contribution in [3.05, 3.63) is 34.6 Å². The quantitative estimate of drug-likeness (QED) is 0.699. The van der Waals surface area contributed by atoms with E-state index >= 15 is 0 Å². The van der Waals surface area contributed by atoms with Crippen LogP contribution < -0.4 is 5.73 Å². The van der Waals surface area contributed by atoms with Gasteiger partial charge in [-0.15, -0.1) is 12.4 Å². The minimum atomic E-state index is -5.50. The Balaban J connectivity index is 0.00000484. The van der Waals surface area contributed by atoms with E-state index < -0.39 is 59.6 Å². The lowest BCUT2D eigenvalue weighted by Crippen LogP contribution is -2.25. The van der Waals surface area contributed by atoms with E-state index in [2.05, 4.69) is 0 Å². The molecule has 1 aromatic rings. The van der Waals surface area contributed by atoms with Crippen LogP contribution in [0, 0.1) is 5.82 Å². The molecule has 2 N–H and O–H groups in total. The molecule has 0 amide bonds. The van der Waals surface area contributed by atoms with E-state index in [1.165, 1.54) is 0 Å². The number of nitrogens with two attached hydrogens (primary N) is 1. The van der Waals surface area contributed by atoms with Gasteiger partial charge in [0.25, 0.3) is 0 Å². The summed E-state index contributed by atoms with van der Waals surface area (Å²) >= 11 is 0. The number of halogens is 11. The maximum Gasteiger partial charge on any atom is 0.416 e. The molecule has 0 unspecified atom stereocenters.